The van der Waals surface area contributed by atoms with Crippen LogP contribution in [0.4, 0.5) is 5.69 Å². The molecule has 3 aromatic carbocycles. The van der Waals surface area contributed by atoms with E-state index in [0.29, 0.717) is 24.2 Å². The van der Waals surface area contributed by atoms with E-state index >= 15 is 0 Å². The van der Waals surface area contributed by atoms with Crippen LogP contribution in [0.25, 0.3) is 21.7 Å². The van der Waals surface area contributed by atoms with E-state index in [4.69, 9.17) is 9.72 Å². The lowest BCUT2D eigenvalue weighted by atomic mass is 9.95. The Bertz CT molecular complexity index is 1410. The minimum atomic E-state index is -0.907. The van der Waals surface area contributed by atoms with Gasteiger partial charge < -0.3 is 10.1 Å². The van der Waals surface area contributed by atoms with Crippen molar-refractivity contribution >= 4 is 39.2 Å². The van der Waals surface area contributed by atoms with E-state index in [9.17, 15) is 9.59 Å². The number of hydrogen-bond donors (Lipinski definition) is 1. The predicted molar refractivity (Wildman–Crippen MR) is 138 cm³/mol. The van der Waals surface area contributed by atoms with Crippen molar-refractivity contribution in [1.29, 1.82) is 0 Å². The summed E-state index contributed by atoms with van der Waals surface area (Å²) in [4.78, 5) is 33.9. The van der Waals surface area contributed by atoms with Crippen molar-refractivity contribution < 1.29 is 14.3 Å². The molecular weight excluding hydrogens is 438 g/mol. The zero-order chi connectivity index (χ0) is 24.4. The number of hydrogen-bond acceptors (Lipinski definition) is 5. The summed E-state index contributed by atoms with van der Waals surface area (Å²) in [7, 11) is 0. The molecule has 35 heavy (non-hydrogen) atoms. The largest absolute Gasteiger partial charge is 0.449 e. The van der Waals surface area contributed by atoms with Crippen LogP contribution in [0.2, 0.25) is 0 Å². The minimum Gasteiger partial charge on any atom is -0.449 e. The molecule has 0 aliphatic carbocycles. The normalized spacial score (nSPS) is 14.5. The van der Waals surface area contributed by atoms with Crippen LogP contribution in [-0.4, -0.2) is 41.0 Å². The van der Waals surface area contributed by atoms with Crippen LogP contribution < -0.4 is 5.32 Å². The molecule has 0 fully saturated rings. The highest BCUT2D eigenvalue weighted by Gasteiger charge is 2.29. The first-order valence-electron chi connectivity index (χ1n) is 12.2. The monoisotopic (exact) mass is 467 g/mol. The Morgan fingerprint density at radius 1 is 1.00 bits per heavy atom. The van der Waals surface area contributed by atoms with Gasteiger partial charge in [-0.05, 0) is 30.5 Å². The number of carbonyl (C=O) groups is 2. The van der Waals surface area contributed by atoms with Gasteiger partial charge in [-0.1, -0.05) is 68.4 Å². The lowest BCUT2D eigenvalue weighted by molar-refractivity contribution is -0.124. The van der Waals surface area contributed by atoms with E-state index in [0.717, 1.165) is 52.4 Å². The second-order valence-electron chi connectivity index (χ2n) is 8.87. The number of para-hydroxylation sites is 1. The quantitative estimate of drug-likeness (QED) is 0.388. The maximum absolute atomic E-state index is 13.6. The number of carbonyl (C=O) groups excluding carboxylic acids is 2. The van der Waals surface area contributed by atoms with Crippen molar-refractivity contribution in [1.82, 2.24) is 9.88 Å². The van der Waals surface area contributed by atoms with Gasteiger partial charge in [0.1, 0.15) is 0 Å². The summed E-state index contributed by atoms with van der Waals surface area (Å²) >= 11 is 0. The van der Waals surface area contributed by atoms with Crippen LogP contribution in [0.1, 0.15) is 41.9 Å². The summed E-state index contributed by atoms with van der Waals surface area (Å²) in [5.41, 5.74) is 3.85. The molecule has 0 spiro atoms. The fourth-order valence-electron chi connectivity index (χ4n) is 4.81. The number of pyridine rings is 1. The Labute approximate surface area is 204 Å². The third-order valence-electron chi connectivity index (χ3n) is 6.74. The maximum atomic E-state index is 13.6. The topological polar surface area (TPSA) is 71.5 Å². The number of likely N-dealkylation sites (N-methyl/N-ethyl adjacent to an activating group) is 1. The molecule has 0 bridgehead atoms. The highest BCUT2D eigenvalue weighted by molar-refractivity contribution is 6.07. The lowest BCUT2D eigenvalue weighted by Gasteiger charge is -2.29. The number of aromatic nitrogens is 1. The SMILES string of the molecule is CCC(OC(=O)c1c2c(nc3ccccc13)CCN(CC)C2)C(=O)Nc1cccc2ccccc12. The van der Waals surface area contributed by atoms with Crippen molar-refractivity contribution in [2.45, 2.75) is 39.3 Å². The molecule has 0 saturated heterocycles. The van der Waals surface area contributed by atoms with E-state index in [2.05, 4.69) is 17.1 Å². The Hall–Kier alpha value is -3.77. The summed E-state index contributed by atoms with van der Waals surface area (Å²) in [6.45, 7) is 6.41. The van der Waals surface area contributed by atoms with Gasteiger partial charge in [-0.15, -0.1) is 0 Å². The Kier molecular flexibility index (Phi) is 6.47. The van der Waals surface area contributed by atoms with Crippen LogP contribution in [0.15, 0.2) is 66.7 Å². The van der Waals surface area contributed by atoms with E-state index in [1.165, 1.54) is 0 Å². The molecule has 4 aromatic rings. The molecule has 5 rings (SSSR count). The van der Waals surface area contributed by atoms with Crippen molar-refractivity contribution in [3.8, 4) is 0 Å². The third kappa shape index (κ3) is 4.49. The lowest BCUT2D eigenvalue weighted by Crippen LogP contribution is -2.35. The van der Waals surface area contributed by atoms with Crippen molar-refractivity contribution in [3.63, 3.8) is 0 Å². The van der Waals surface area contributed by atoms with Crippen molar-refractivity contribution in [2.24, 2.45) is 0 Å². The van der Waals surface area contributed by atoms with Gasteiger partial charge in [-0.3, -0.25) is 14.7 Å². The molecule has 1 amide bonds. The molecule has 1 unspecified atom stereocenters. The summed E-state index contributed by atoms with van der Waals surface area (Å²) in [5, 5.41) is 5.71. The molecular formula is C29H29N3O3. The molecule has 0 saturated carbocycles. The number of ether oxygens (including phenoxy) is 1. The van der Waals surface area contributed by atoms with Crippen LogP contribution in [-0.2, 0) is 22.5 Å². The molecule has 1 aliphatic heterocycles. The number of nitrogens with zero attached hydrogens (tertiary/aromatic N) is 2. The average Bonchev–Trinajstić information content (AvgIpc) is 2.90. The van der Waals surface area contributed by atoms with Crippen LogP contribution in [0.5, 0.6) is 0 Å². The Morgan fingerprint density at radius 2 is 1.74 bits per heavy atom. The number of fused-ring (bicyclic) bond motifs is 3. The highest BCUT2D eigenvalue weighted by atomic mass is 16.5. The molecule has 0 radical (unpaired) electrons. The fraction of sp³-hybridized carbons (Fsp3) is 0.276. The summed E-state index contributed by atoms with van der Waals surface area (Å²) < 4.78 is 5.88. The standard InChI is InChI=1S/C29H29N3O3/c1-3-26(28(33)31-23-15-9-11-19-10-5-6-12-20(19)23)35-29(34)27-21-13-7-8-14-24(21)30-25-16-17-32(4-2)18-22(25)27/h5-15,26H,3-4,16-18H2,1-2H3,(H,31,33). The van der Waals surface area contributed by atoms with Crippen molar-refractivity contribution in [3.05, 3.63) is 83.6 Å². The first kappa shape index (κ1) is 23.0. The van der Waals surface area contributed by atoms with Gasteiger partial charge in [0.2, 0.25) is 0 Å². The van der Waals surface area contributed by atoms with Crippen molar-refractivity contribution in [2.75, 3.05) is 18.4 Å². The predicted octanol–water partition coefficient (Wildman–Crippen LogP) is 5.34. The van der Waals surface area contributed by atoms with Gasteiger partial charge in [0.15, 0.2) is 6.10 Å². The number of benzene rings is 3. The zero-order valence-corrected chi connectivity index (χ0v) is 20.1. The van der Waals surface area contributed by atoms with E-state index < -0.39 is 12.1 Å². The molecule has 6 nitrogen and oxygen atoms in total. The van der Waals surface area contributed by atoms with Crippen LogP contribution >= 0.6 is 0 Å². The highest BCUT2D eigenvalue weighted by Crippen LogP contribution is 2.29. The summed E-state index contributed by atoms with van der Waals surface area (Å²) in [5.74, 6) is -0.808. The van der Waals surface area contributed by atoms with Gasteiger partial charge in [0, 0.05) is 47.2 Å². The minimum absolute atomic E-state index is 0.334. The first-order valence-corrected chi connectivity index (χ1v) is 12.2. The summed E-state index contributed by atoms with van der Waals surface area (Å²) in [6.07, 6.45) is 0.247. The van der Waals surface area contributed by atoms with E-state index in [1.807, 2.05) is 73.7 Å². The number of anilines is 1. The first-order chi connectivity index (χ1) is 17.1. The van der Waals surface area contributed by atoms with Gasteiger partial charge in [0.25, 0.3) is 5.91 Å². The van der Waals surface area contributed by atoms with Gasteiger partial charge in [0.05, 0.1) is 11.1 Å². The molecule has 1 aliphatic rings. The Balaban J connectivity index is 1.45. The second kappa shape index (κ2) is 9.84. The molecule has 2 heterocycles. The van der Waals surface area contributed by atoms with Gasteiger partial charge >= 0.3 is 5.97 Å². The second-order valence-corrected chi connectivity index (χ2v) is 8.87. The molecule has 1 N–H and O–H groups in total. The van der Waals surface area contributed by atoms with Crippen LogP contribution in [0.3, 0.4) is 0 Å². The number of rotatable bonds is 6. The maximum Gasteiger partial charge on any atom is 0.340 e. The smallest absolute Gasteiger partial charge is 0.340 e. The summed E-state index contributed by atoms with van der Waals surface area (Å²) in [6, 6.07) is 21.3. The number of nitrogens with one attached hydrogen (secondary N) is 1. The number of amides is 1. The number of esters is 1. The molecule has 178 valence electrons. The van der Waals surface area contributed by atoms with E-state index in [1.54, 1.807) is 0 Å². The molecule has 6 heteroatoms. The molecule has 1 atom stereocenters. The van der Waals surface area contributed by atoms with E-state index in [-0.39, 0.29) is 5.91 Å². The fourth-order valence-corrected chi connectivity index (χ4v) is 4.81. The van der Waals surface area contributed by atoms with Gasteiger partial charge in [-0.25, -0.2) is 4.79 Å². The third-order valence-corrected chi connectivity index (χ3v) is 6.74. The molecule has 1 aromatic heterocycles. The Morgan fingerprint density at radius 3 is 2.54 bits per heavy atom. The average molecular weight is 468 g/mol. The van der Waals surface area contributed by atoms with Crippen LogP contribution in [0, 0.1) is 0 Å². The van der Waals surface area contributed by atoms with Gasteiger partial charge in [-0.2, -0.15) is 0 Å². The zero-order valence-electron chi connectivity index (χ0n) is 20.1.